The third kappa shape index (κ3) is 5.12. The van der Waals surface area contributed by atoms with Crippen molar-refractivity contribution < 1.29 is 13.9 Å². The first kappa shape index (κ1) is 19.0. The van der Waals surface area contributed by atoms with Crippen molar-refractivity contribution in [1.82, 2.24) is 5.43 Å². The number of amides is 1. The number of rotatable bonds is 6. The molecule has 138 valence electrons. The maximum atomic E-state index is 11.9. The molecule has 0 bridgehead atoms. The van der Waals surface area contributed by atoms with Gasteiger partial charge in [0.1, 0.15) is 17.3 Å². The van der Waals surface area contributed by atoms with Crippen molar-refractivity contribution in [2.75, 3.05) is 7.11 Å². The zero-order valence-corrected chi connectivity index (χ0v) is 15.9. The minimum absolute atomic E-state index is 0.211. The summed E-state index contributed by atoms with van der Waals surface area (Å²) in [6.07, 6.45) is 1.64. The molecule has 3 aromatic rings. The van der Waals surface area contributed by atoms with Gasteiger partial charge in [-0.2, -0.15) is 5.10 Å². The molecule has 5 nitrogen and oxygen atoms in total. The fourth-order valence-corrected chi connectivity index (χ4v) is 2.77. The van der Waals surface area contributed by atoms with Gasteiger partial charge in [-0.05, 0) is 48.0 Å². The molecule has 7 heteroatoms. The zero-order chi connectivity index (χ0) is 19.2. The lowest BCUT2D eigenvalue weighted by Crippen LogP contribution is -2.19. The van der Waals surface area contributed by atoms with Crippen LogP contribution in [0.4, 0.5) is 0 Å². The zero-order valence-electron chi connectivity index (χ0n) is 14.4. The van der Waals surface area contributed by atoms with Gasteiger partial charge < -0.3 is 9.15 Å². The highest BCUT2D eigenvalue weighted by Crippen LogP contribution is 2.31. The Labute approximate surface area is 166 Å². The number of ether oxygens (including phenoxy) is 1. The van der Waals surface area contributed by atoms with E-state index < -0.39 is 0 Å². The number of hydrogen-bond donors (Lipinski definition) is 1. The van der Waals surface area contributed by atoms with Gasteiger partial charge in [-0.15, -0.1) is 0 Å². The van der Waals surface area contributed by atoms with Crippen LogP contribution in [-0.4, -0.2) is 19.2 Å². The van der Waals surface area contributed by atoms with Crippen LogP contribution in [0.5, 0.6) is 5.75 Å². The van der Waals surface area contributed by atoms with E-state index in [1.807, 2.05) is 12.1 Å². The molecule has 1 N–H and O–H groups in total. The number of carbonyl (C=O) groups is 1. The summed E-state index contributed by atoms with van der Waals surface area (Å²) in [6, 6.07) is 15.9. The quantitative estimate of drug-likeness (QED) is 0.468. The van der Waals surface area contributed by atoms with E-state index in [0.717, 1.165) is 11.3 Å². The first-order chi connectivity index (χ1) is 13.0. The smallest absolute Gasteiger partial charge is 0.244 e. The number of hydrogen-bond acceptors (Lipinski definition) is 4. The molecule has 0 unspecified atom stereocenters. The largest absolute Gasteiger partial charge is 0.497 e. The fourth-order valence-electron chi connectivity index (χ4n) is 2.39. The highest BCUT2D eigenvalue weighted by atomic mass is 35.5. The second-order valence-electron chi connectivity index (χ2n) is 5.64. The Morgan fingerprint density at radius 1 is 1.15 bits per heavy atom. The van der Waals surface area contributed by atoms with Crippen molar-refractivity contribution in [3.63, 3.8) is 0 Å². The van der Waals surface area contributed by atoms with Gasteiger partial charge in [0.25, 0.3) is 0 Å². The number of nitrogens with one attached hydrogen (secondary N) is 1. The van der Waals surface area contributed by atoms with Gasteiger partial charge in [0.05, 0.1) is 24.8 Å². The van der Waals surface area contributed by atoms with Gasteiger partial charge >= 0.3 is 0 Å². The van der Waals surface area contributed by atoms with Gasteiger partial charge in [0.2, 0.25) is 5.91 Å². The molecule has 0 aliphatic heterocycles. The minimum atomic E-state index is -0.235. The number of furan rings is 1. The van der Waals surface area contributed by atoms with E-state index in [0.29, 0.717) is 27.1 Å². The second-order valence-corrected chi connectivity index (χ2v) is 6.49. The van der Waals surface area contributed by atoms with Gasteiger partial charge in [-0.25, -0.2) is 5.43 Å². The van der Waals surface area contributed by atoms with Gasteiger partial charge in [0, 0.05) is 10.6 Å². The van der Waals surface area contributed by atoms with Crippen LogP contribution < -0.4 is 10.2 Å². The van der Waals surface area contributed by atoms with Crippen LogP contribution in [0.3, 0.4) is 0 Å². The van der Waals surface area contributed by atoms with Crippen molar-refractivity contribution in [2.24, 2.45) is 5.10 Å². The van der Waals surface area contributed by atoms with Crippen molar-refractivity contribution in [3.05, 3.63) is 76.0 Å². The molecule has 0 atom stereocenters. The summed E-state index contributed by atoms with van der Waals surface area (Å²) in [4.78, 5) is 11.9. The van der Waals surface area contributed by atoms with E-state index in [1.54, 1.807) is 49.6 Å². The third-order valence-electron chi connectivity index (χ3n) is 3.73. The fraction of sp³-hybridized carbons (Fsp3) is 0.100. The van der Waals surface area contributed by atoms with Gasteiger partial charge in [0.15, 0.2) is 0 Å². The highest BCUT2D eigenvalue weighted by molar-refractivity contribution is 6.35. The van der Waals surface area contributed by atoms with Gasteiger partial charge in [-0.1, -0.05) is 35.3 Å². The Kier molecular flexibility index (Phi) is 6.16. The van der Waals surface area contributed by atoms with Crippen molar-refractivity contribution in [2.45, 2.75) is 6.42 Å². The SMILES string of the molecule is COc1ccc(CC(=O)N/N=C\c2ccc(-c3cc(Cl)ccc3Cl)o2)cc1. The number of methoxy groups -OCH3 is 1. The summed E-state index contributed by atoms with van der Waals surface area (Å²) in [5, 5.41) is 5.01. The van der Waals surface area contributed by atoms with Crippen LogP contribution in [0, 0.1) is 0 Å². The maximum absolute atomic E-state index is 11.9. The Bertz CT molecular complexity index is 966. The Morgan fingerprint density at radius 3 is 2.67 bits per heavy atom. The Balaban J connectivity index is 1.59. The molecule has 0 saturated heterocycles. The molecule has 0 fully saturated rings. The second kappa shape index (κ2) is 8.75. The Hall–Kier alpha value is -2.76. The number of halogens is 2. The summed E-state index contributed by atoms with van der Waals surface area (Å²) < 4.78 is 10.8. The standard InChI is InChI=1S/C20H16Cl2N2O3/c1-26-15-5-2-13(3-6-15)10-20(25)24-23-12-16-7-9-19(27-16)17-11-14(21)4-8-18(17)22/h2-9,11-12H,10H2,1H3,(H,24,25)/b23-12-. The van der Waals surface area contributed by atoms with Crippen LogP contribution >= 0.6 is 23.2 Å². The molecular weight excluding hydrogens is 387 g/mol. The van der Waals surface area contributed by atoms with E-state index in [9.17, 15) is 4.79 Å². The van der Waals surface area contributed by atoms with Crippen molar-refractivity contribution in [1.29, 1.82) is 0 Å². The lowest BCUT2D eigenvalue weighted by molar-refractivity contribution is -0.120. The Morgan fingerprint density at radius 2 is 1.93 bits per heavy atom. The molecule has 2 aromatic carbocycles. The minimum Gasteiger partial charge on any atom is -0.497 e. The highest BCUT2D eigenvalue weighted by Gasteiger charge is 2.09. The van der Waals surface area contributed by atoms with Crippen LogP contribution in [0.25, 0.3) is 11.3 Å². The molecule has 3 rings (SSSR count). The average molecular weight is 403 g/mol. The summed E-state index contributed by atoms with van der Waals surface area (Å²) in [7, 11) is 1.59. The van der Waals surface area contributed by atoms with E-state index >= 15 is 0 Å². The first-order valence-electron chi connectivity index (χ1n) is 8.05. The number of carbonyl (C=O) groups excluding carboxylic acids is 1. The van der Waals surface area contributed by atoms with Crippen LogP contribution in [-0.2, 0) is 11.2 Å². The number of hydrazone groups is 1. The van der Waals surface area contributed by atoms with Crippen LogP contribution in [0.1, 0.15) is 11.3 Å². The van der Waals surface area contributed by atoms with Crippen LogP contribution in [0.2, 0.25) is 10.0 Å². The lowest BCUT2D eigenvalue weighted by atomic mass is 10.1. The molecule has 0 aliphatic rings. The molecular formula is C20H16Cl2N2O3. The van der Waals surface area contributed by atoms with E-state index in [2.05, 4.69) is 10.5 Å². The van der Waals surface area contributed by atoms with Crippen molar-refractivity contribution >= 4 is 35.3 Å². The molecule has 1 heterocycles. The predicted molar refractivity (Wildman–Crippen MR) is 107 cm³/mol. The maximum Gasteiger partial charge on any atom is 0.244 e. The summed E-state index contributed by atoms with van der Waals surface area (Å²) in [5.41, 5.74) is 4.02. The monoisotopic (exact) mass is 402 g/mol. The third-order valence-corrected chi connectivity index (χ3v) is 4.29. The number of nitrogens with zero attached hydrogens (tertiary/aromatic N) is 1. The van der Waals surface area contributed by atoms with Crippen LogP contribution in [0.15, 0.2) is 64.1 Å². The molecule has 1 aromatic heterocycles. The molecule has 1 amide bonds. The molecule has 0 saturated carbocycles. The summed E-state index contributed by atoms with van der Waals surface area (Å²) in [6.45, 7) is 0. The van der Waals surface area contributed by atoms with Crippen molar-refractivity contribution in [3.8, 4) is 17.1 Å². The van der Waals surface area contributed by atoms with Gasteiger partial charge in [-0.3, -0.25) is 4.79 Å². The first-order valence-corrected chi connectivity index (χ1v) is 8.81. The molecule has 0 radical (unpaired) electrons. The summed E-state index contributed by atoms with van der Waals surface area (Å²) in [5.74, 6) is 1.55. The molecule has 0 spiro atoms. The topological polar surface area (TPSA) is 63.8 Å². The van der Waals surface area contributed by atoms with E-state index in [-0.39, 0.29) is 12.3 Å². The van der Waals surface area contributed by atoms with E-state index in [1.165, 1.54) is 6.21 Å². The summed E-state index contributed by atoms with van der Waals surface area (Å²) >= 11 is 12.2. The van der Waals surface area contributed by atoms with E-state index in [4.69, 9.17) is 32.4 Å². The predicted octanol–water partition coefficient (Wildman–Crippen LogP) is 4.95. The normalized spacial score (nSPS) is 10.9. The molecule has 0 aliphatic carbocycles. The number of benzene rings is 2. The molecule has 27 heavy (non-hydrogen) atoms. The average Bonchev–Trinajstić information content (AvgIpc) is 3.13. The lowest BCUT2D eigenvalue weighted by Gasteiger charge is -2.02.